The van der Waals surface area contributed by atoms with E-state index in [2.05, 4.69) is 57.7 Å². The summed E-state index contributed by atoms with van der Waals surface area (Å²) in [5, 5.41) is 5.99. The van der Waals surface area contributed by atoms with E-state index in [-0.39, 0.29) is 11.6 Å². The van der Waals surface area contributed by atoms with E-state index in [1.165, 1.54) is 16.3 Å². The first-order chi connectivity index (χ1) is 15.7. The summed E-state index contributed by atoms with van der Waals surface area (Å²) in [4.78, 5) is 19.8. The average Bonchev–Trinajstić information content (AvgIpc) is 2.81. The van der Waals surface area contributed by atoms with Crippen LogP contribution in [0.5, 0.6) is 0 Å². The Bertz CT molecular complexity index is 1290. The summed E-state index contributed by atoms with van der Waals surface area (Å²) in [5.41, 5.74) is 3.24. The number of benzene rings is 3. The third kappa shape index (κ3) is 4.43. The predicted octanol–water partition coefficient (Wildman–Crippen LogP) is 4.77. The van der Waals surface area contributed by atoms with Crippen LogP contribution in [0.3, 0.4) is 0 Å². The molecule has 1 aliphatic rings. The van der Waals surface area contributed by atoms with Crippen molar-refractivity contribution in [3.05, 3.63) is 101 Å². The molecule has 0 aliphatic carbocycles. The van der Waals surface area contributed by atoms with Gasteiger partial charge in [0.05, 0.1) is 0 Å². The molecule has 0 radical (unpaired) electrons. The standard InChI is InChI=1S/C27H28N4O/c1-20-5-4-8-25(17-20)31-16-13-28-26(27(31)32)29-24-11-14-30(15-12-24)19-21-9-10-22-6-2-3-7-23(22)18-21/h2-10,13,16-18,24H,11-12,14-15,19H2,1H3,(H,28,29). The van der Waals surface area contributed by atoms with Crippen molar-refractivity contribution in [3.63, 3.8) is 0 Å². The van der Waals surface area contributed by atoms with Crippen molar-refractivity contribution in [1.29, 1.82) is 0 Å². The van der Waals surface area contributed by atoms with Crippen molar-refractivity contribution in [2.75, 3.05) is 18.4 Å². The monoisotopic (exact) mass is 424 g/mol. The van der Waals surface area contributed by atoms with Crippen LogP contribution in [0.4, 0.5) is 5.82 Å². The Hall–Kier alpha value is -3.44. The summed E-state index contributed by atoms with van der Waals surface area (Å²) in [7, 11) is 0. The first kappa shape index (κ1) is 20.5. The lowest BCUT2D eigenvalue weighted by atomic mass is 10.0. The topological polar surface area (TPSA) is 50.2 Å². The molecule has 3 aromatic carbocycles. The van der Waals surface area contributed by atoms with Gasteiger partial charge in [0.1, 0.15) is 0 Å². The van der Waals surface area contributed by atoms with Gasteiger partial charge >= 0.3 is 0 Å². The van der Waals surface area contributed by atoms with Crippen LogP contribution in [0, 0.1) is 6.92 Å². The zero-order chi connectivity index (χ0) is 21.9. The number of aryl methyl sites for hydroxylation is 1. The molecular weight excluding hydrogens is 396 g/mol. The molecular formula is C27H28N4O. The third-order valence-corrected chi connectivity index (χ3v) is 6.27. The molecule has 32 heavy (non-hydrogen) atoms. The van der Waals surface area contributed by atoms with Crippen molar-refractivity contribution >= 4 is 16.6 Å². The number of hydrogen-bond donors (Lipinski definition) is 1. The molecule has 0 spiro atoms. The predicted molar refractivity (Wildman–Crippen MR) is 130 cm³/mol. The van der Waals surface area contributed by atoms with E-state index in [1.54, 1.807) is 17.0 Å². The molecule has 1 aromatic heterocycles. The zero-order valence-electron chi connectivity index (χ0n) is 18.4. The van der Waals surface area contributed by atoms with E-state index in [0.29, 0.717) is 5.82 Å². The first-order valence-corrected chi connectivity index (χ1v) is 11.3. The van der Waals surface area contributed by atoms with Crippen LogP contribution in [-0.2, 0) is 6.54 Å². The molecule has 0 amide bonds. The number of nitrogens with one attached hydrogen (secondary N) is 1. The largest absolute Gasteiger partial charge is 0.363 e. The van der Waals surface area contributed by atoms with Crippen LogP contribution in [0.25, 0.3) is 16.5 Å². The van der Waals surface area contributed by atoms with Gasteiger partial charge in [-0.05, 0) is 59.9 Å². The summed E-state index contributed by atoms with van der Waals surface area (Å²) >= 11 is 0. The molecule has 0 atom stereocenters. The number of rotatable bonds is 5. The number of aromatic nitrogens is 2. The summed E-state index contributed by atoms with van der Waals surface area (Å²) in [6, 6.07) is 23.4. The molecule has 1 N–H and O–H groups in total. The maximum Gasteiger partial charge on any atom is 0.297 e. The lowest BCUT2D eigenvalue weighted by Gasteiger charge is -2.32. The number of piperidine rings is 1. The molecule has 5 nitrogen and oxygen atoms in total. The van der Waals surface area contributed by atoms with E-state index in [9.17, 15) is 4.79 Å². The average molecular weight is 425 g/mol. The summed E-state index contributed by atoms with van der Waals surface area (Å²) < 4.78 is 1.66. The summed E-state index contributed by atoms with van der Waals surface area (Å²) in [5.74, 6) is 0.432. The number of hydrogen-bond acceptors (Lipinski definition) is 4. The third-order valence-electron chi connectivity index (χ3n) is 6.27. The second-order valence-corrected chi connectivity index (χ2v) is 8.67. The Morgan fingerprint density at radius 1 is 0.969 bits per heavy atom. The number of anilines is 1. The molecule has 5 rings (SSSR count). The highest BCUT2D eigenvalue weighted by molar-refractivity contribution is 5.82. The van der Waals surface area contributed by atoms with E-state index in [0.717, 1.165) is 43.7 Å². The molecule has 2 heterocycles. The first-order valence-electron chi connectivity index (χ1n) is 11.3. The van der Waals surface area contributed by atoms with Crippen LogP contribution >= 0.6 is 0 Å². The van der Waals surface area contributed by atoms with Gasteiger partial charge in [0.25, 0.3) is 5.56 Å². The molecule has 0 saturated carbocycles. The smallest absolute Gasteiger partial charge is 0.297 e. The summed E-state index contributed by atoms with van der Waals surface area (Å²) in [6.45, 7) is 4.99. The number of likely N-dealkylation sites (tertiary alicyclic amines) is 1. The lowest BCUT2D eigenvalue weighted by molar-refractivity contribution is 0.211. The highest BCUT2D eigenvalue weighted by Crippen LogP contribution is 2.20. The van der Waals surface area contributed by atoms with Gasteiger partial charge in [0.2, 0.25) is 0 Å². The van der Waals surface area contributed by atoms with Gasteiger partial charge in [-0.1, -0.05) is 48.5 Å². The van der Waals surface area contributed by atoms with E-state index < -0.39 is 0 Å². The minimum atomic E-state index is -0.100. The van der Waals surface area contributed by atoms with Gasteiger partial charge in [0.15, 0.2) is 5.82 Å². The van der Waals surface area contributed by atoms with Gasteiger partial charge < -0.3 is 5.32 Å². The second-order valence-electron chi connectivity index (χ2n) is 8.67. The Balaban J connectivity index is 1.22. The van der Waals surface area contributed by atoms with Crippen LogP contribution in [0.1, 0.15) is 24.0 Å². The maximum atomic E-state index is 13.0. The number of nitrogens with zero attached hydrogens (tertiary/aromatic N) is 3. The Labute approximate surface area is 188 Å². The van der Waals surface area contributed by atoms with Crippen molar-refractivity contribution in [3.8, 4) is 5.69 Å². The molecule has 1 saturated heterocycles. The molecule has 0 unspecified atom stereocenters. The van der Waals surface area contributed by atoms with Gasteiger partial charge in [-0.15, -0.1) is 0 Å². The fraction of sp³-hybridized carbons (Fsp3) is 0.259. The Morgan fingerprint density at radius 2 is 1.78 bits per heavy atom. The SMILES string of the molecule is Cc1cccc(-n2ccnc(NC3CCN(Cc4ccc5ccccc5c4)CC3)c2=O)c1. The van der Waals surface area contributed by atoms with Crippen molar-refractivity contribution in [2.24, 2.45) is 0 Å². The minimum Gasteiger partial charge on any atom is -0.363 e. The van der Waals surface area contributed by atoms with Gasteiger partial charge in [0, 0.05) is 43.8 Å². The second kappa shape index (κ2) is 8.97. The van der Waals surface area contributed by atoms with E-state index in [4.69, 9.17) is 0 Å². The van der Waals surface area contributed by atoms with E-state index >= 15 is 0 Å². The Morgan fingerprint density at radius 3 is 2.59 bits per heavy atom. The van der Waals surface area contributed by atoms with Crippen LogP contribution in [-0.4, -0.2) is 33.6 Å². The lowest BCUT2D eigenvalue weighted by Crippen LogP contribution is -2.40. The highest BCUT2D eigenvalue weighted by Gasteiger charge is 2.21. The normalized spacial score (nSPS) is 15.2. The van der Waals surface area contributed by atoms with Crippen molar-refractivity contribution < 1.29 is 0 Å². The Kier molecular flexibility index (Phi) is 5.73. The number of fused-ring (bicyclic) bond motifs is 1. The van der Waals surface area contributed by atoms with Gasteiger partial charge in [-0.2, -0.15) is 0 Å². The minimum absolute atomic E-state index is 0.100. The molecule has 0 bridgehead atoms. The summed E-state index contributed by atoms with van der Waals surface area (Å²) in [6.07, 6.45) is 5.41. The maximum absolute atomic E-state index is 13.0. The van der Waals surface area contributed by atoms with Crippen molar-refractivity contribution in [1.82, 2.24) is 14.5 Å². The van der Waals surface area contributed by atoms with Crippen LogP contribution < -0.4 is 10.9 Å². The van der Waals surface area contributed by atoms with Gasteiger partial charge in [-0.25, -0.2) is 4.98 Å². The molecule has 4 aromatic rings. The molecule has 1 aliphatic heterocycles. The van der Waals surface area contributed by atoms with Crippen LogP contribution in [0.2, 0.25) is 0 Å². The fourth-order valence-corrected chi connectivity index (χ4v) is 4.52. The fourth-order valence-electron chi connectivity index (χ4n) is 4.52. The highest BCUT2D eigenvalue weighted by atomic mass is 16.1. The van der Waals surface area contributed by atoms with Crippen molar-refractivity contribution in [2.45, 2.75) is 32.4 Å². The van der Waals surface area contributed by atoms with Gasteiger partial charge in [-0.3, -0.25) is 14.3 Å². The molecule has 5 heteroatoms. The molecule has 162 valence electrons. The van der Waals surface area contributed by atoms with Crippen LogP contribution in [0.15, 0.2) is 83.9 Å². The quantitative estimate of drug-likeness (QED) is 0.501. The zero-order valence-corrected chi connectivity index (χ0v) is 18.4. The molecule has 1 fully saturated rings. The van der Waals surface area contributed by atoms with E-state index in [1.807, 2.05) is 31.2 Å².